The van der Waals surface area contributed by atoms with E-state index in [0.717, 1.165) is 42.7 Å². The van der Waals surface area contributed by atoms with E-state index in [-0.39, 0.29) is 30.7 Å². The van der Waals surface area contributed by atoms with Crippen LogP contribution in [0.3, 0.4) is 0 Å². The average molecular weight is 345 g/mol. The minimum Gasteiger partial charge on any atom is -0.354 e. The molecule has 22 heavy (non-hydrogen) atoms. The summed E-state index contributed by atoms with van der Waals surface area (Å²) in [6, 6.07) is 8.11. The second-order valence-electron chi connectivity index (χ2n) is 5.56. The lowest BCUT2D eigenvalue weighted by atomic mass is 10.2. The largest absolute Gasteiger partial charge is 0.354 e. The van der Waals surface area contributed by atoms with Gasteiger partial charge in [0.25, 0.3) is 0 Å². The highest BCUT2D eigenvalue weighted by atomic mass is 35.5. The lowest BCUT2D eigenvalue weighted by Crippen LogP contribution is -2.43. The summed E-state index contributed by atoms with van der Waals surface area (Å²) in [5, 5.41) is 2.92. The van der Waals surface area contributed by atoms with E-state index in [1.807, 2.05) is 25.1 Å². The van der Waals surface area contributed by atoms with Gasteiger partial charge in [0.1, 0.15) is 5.82 Å². The van der Waals surface area contributed by atoms with Crippen molar-refractivity contribution in [2.45, 2.75) is 38.3 Å². The van der Waals surface area contributed by atoms with Gasteiger partial charge in [-0.15, -0.1) is 24.8 Å². The van der Waals surface area contributed by atoms with Gasteiger partial charge in [-0.25, -0.2) is 4.98 Å². The normalized spacial score (nSPS) is 14.8. The molecule has 2 aromatic rings. The van der Waals surface area contributed by atoms with Crippen LogP contribution in [-0.4, -0.2) is 27.5 Å². The highest BCUT2D eigenvalue weighted by molar-refractivity contribution is 5.88. The monoisotopic (exact) mass is 344 g/mol. The SMILES string of the molecule is Cc1nc2ccccc2n1CCCNC(=O)C1(N)CC1.Cl.Cl. The van der Waals surface area contributed by atoms with Crippen LogP contribution in [0.15, 0.2) is 24.3 Å². The minimum absolute atomic E-state index is 0. The Bertz CT molecular complexity index is 652. The number of hydrogen-bond donors (Lipinski definition) is 2. The molecule has 3 rings (SSSR count). The number of carbonyl (C=O) groups excluding carboxylic acids is 1. The van der Waals surface area contributed by atoms with Crippen LogP contribution in [0.25, 0.3) is 11.0 Å². The van der Waals surface area contributed by atoms with Crippen LogP contribution in [0.1, 0.15) is 25.1 Å². The molecular weight excluding hydrogens is 323 g/mol. The highest BCUT2D eigenvalue weighted by Crippen LogP contribution is 2.31. The van der Waals surface area contributed by atoms with E-state index in [2.05, 4.69) is 20.9 Å². The summed E-state index contributed by atoms with van der Waals surface area (Å²) in [7, 11) is 0. The van der Waals surface area contributed by atoms with Gasteiger partial charge in [-0.05, 0) is 38.3 Å². The summed E-state index contributed by atoms with van der Waals surface area (Å²) < 4.78 is 2.19. The molecule has 1 aliphatic rings. The van der Waals surface area contributed by atoms with Gasteiger partial charge < -0.3 is 15.6 Å². The number of amides is 1. The van der Waals surface area contributed by atoms with Crippen LogP contribution >= 0.6 is 24.8 Å². The van der Waals surface area contributed by atoms with E-state index in [0.29, 0.717) is 6.54 Å². The third-order valence-electron chi connectivity index (χ3n) is 3.93. The first-order valence-electron chi connectivity index (χ1n) is 7.09. The Morgan fingerprint density at radius 2 is 2.05 bits per heavy atom. The molecule has 1 fully saturated rings. The Balaban J connectivity index is 0.00000121. The summed E-state index contributed by atoms with van der Waals surface area (Å²) in [5.41, 5.74) is 7.43. The van der Waals surface area contributed by atoms with Crippen molar-refractivity contribution in [3.8, 4) is 0 Å². The van der Waals surface area contributed by atoms with Gasteiger partial charge in [0.15, 0.2) is 0 Å². The van der Waals surface area contributed by atoms with Gasteiger partial charge in [0.05, 0.1) is 16.6 Å². The van der Waals surface area contributed by atoms with Crippen molar-refractivity contribution >= 4 is 41.8 Å². The van der Waals surface area contributed by atoms with Gasteiger partial charge in [0.2, 0.25) is 5.91 Å². The van der Waals surface area contributed by atoms with Crippen molar-refractivity contribution < 1.29 is 4.79 Å². The molecule has 1 amide bonds. The van der Waals surface area contributed by atoms with E-state index in [9.17, 15) is 4.79 Å². The summed E-state index contributed by atoms with van der Waals surface area (Å²) >= 11 is 0. The number of aromatic nitrogens is 2. The molecule has 0 spiro atoms. The van der Waals surface area contributed by atoms with Gasteiger partial charge in [-0.2, -0.15) is 0 Å². The maximum Gasteiger partial charge on any atom is 0.240 e. The fourth-order valence-corrected chi connectivity index (χ4v) is 2.46. The predicted molar refractivity (Wildman–Crippen MR) is 92.7 cm³/mol. The lowest BCUT2D eigenvalue weighted by molar-refractivity contribution is -0.123. The molecule has 0 aliphatic heterocycles. The van der Waals surface area contributed by atoms with Crippen LogP contribution in [0.2, 0.25) is 0 Å². The number of imidazole rings is 1. The number of para-hydroxylation sites is 2. The van der Waals surface area contributed by atoms with Crippen LogP contribution in [0.4, 0.5) is 0 Å². The van der Waals surface area contributed by atoms with E-state index in [4.69, 9.17) is 5.73 Å². The molecule has 7 heteroatoms. The second kappa shape index (κ2) is 7.31. The fourth-order valence-electron chi connectivity index (χ4n) is 2.46. The van der Waals surface area contributed by atoms with Gasteiger partial charge in [-0.3, -0.25) is 4.79 Å². The smallest absolute Gasteiger partial charge is 0.240 e. The molecule has 0 radical (unpaired) electrons. The van der Waals surface area contributed by atoms with E-state index < -0.39 is 5.54 Å². The van der Waals surface area contributed by atoms with Crippen LogP contribution in [-0.2, 0) is 11.3 Å². The molecule has 1 aromatic carbocycles. The van der Waals surface area contributed by atoms with E-state index in [1.54, 1.807) is 0 Å². The van der Waals surface area contributed by atoms with Gasteiger partial charge in [0, 0.05) is 13.1 Å². The first kappa shape index (κ1) is 18.7. The van der Waals surface area contributed by atoms with Crippen molar-refractivity contribution in [1.82, 2.24) is 14.9 Å². The quantitative estimate of drug-likeness (QED) is 0.816. The summed E-state index contributed by atoms with van der Waals surface area (Å²) in [6.45, 7) is 3.52. The first-order valence-corrected chi connectivity index (χ1v) is 7.09. The van der Waals surface area contributed by atoms with Gasteiger partial charge >= 0.3 is 0 Å². The van der Waals surface area contributed by atoms with Crippen molar-refractivity contribution in [2.75, 3.05) is 6.54 Å². The molecule has 1 saturated carbocycles. The molecule has 1 aromatic heterocycles. The first-order chi connectivity index (χ1) is 9.60. The molecule has 0 saturated heterocycles. The molecule has 0 atom stereocenters. The Hall–Kier alpha value is -1.30. The number of rotatable bonds is 5. The number of benzene rings is 1. The number of halogens is 2. The summed E-state index contributed by atoms with van der Waals surface area (Å²) in [4.78, 5) is 16.2. The number of nitrogens with two attached hydrogens (primary N) is 1. The van der Waals surface area contributed by atoms with Gasteiger partial charge in [-0.1, -0.05) is 12.1 Å². The zero-order valence-electron chi connectivity index (χ0n) is 12.5. The summed E-state index contributed by atoms with van der Waals surface area (Å²) in [5.74, 6) is 1.000. The number of hydrogen-bond acceptors (Lipinski definition) is 3. The highest BCUT2D eigenvalue weighted by Gasteiger charge is 2.45. The maximum atomic E-state index is 11.7. The van der Waals surface area contributed by atoms with Crippen LogP contribution < -0.4 is 11.1 Å². The standard InChI is InChI=1S/C15H20N4O.2ClH/c1-11-18-12-5-2-3-6-13(12)19(11)10-4-9-17-14(20)15(16)7-8-15;;/h2-3,5-6H,4,7-10,16H2,1H3,(H,17,20);2*1H. The van der Waals surface area contributed by atoms with Crippen molar-refractivity contribution in [3.05, 3.63) is 30.1 Å². The molecule has 1 aliphatic carbocycles. The van der Waals surface area contributed by atoms with Crippen molar-refractivity contribution in [1.29, 1.82) is 0 Å². The zero-order valence-corrected chi connectivity index (χ0v) is 14.2. The molecule has 0 bridgehead atoms. The predicted octanol–water partition coefficient (Wildman–Crippen LogP) is 2.19. The van der Waals surface area contributed by atoms with E-state index in [1.165, 1.54) is 0 Å². The molecule has 0 unspecified atom stereocenters. The Kier molecular flexibility index (Phi) is 6.23. The van der Waals surface area contributed by atoms with Crippen molar-refractivity contribution in [3.63, 3.8) is 0 Å². The number of nitrogens with one attached hydrogen (secondary N) is 1. The summed E-state index contributed by atoms with van der Waals surface area (Å²) in [6.07, 6.45) is 2.50. The number of aryl methyl sites for hydroxylation is 2. The third-order valence-corrected chi connectivity index (χ3v) is 3.93. The fraction of sp³-hybridized carbons (Fsp3) is 0.467. The third kappa shape index (κ3) is 3.72. The number of nitrogens with zero attached hydrogens (tertiary/aromatic N) is 2. The van der Waals surface area contributed by atoms with E-state index >= 15 is 0 Å². The number of carbonyl (C=O) groups is 1. The average Bonchev–Trinajstić information content (AvgIpc) is 3.11. The second-order valence-corrected chi connectivity index (χ2v) is 5.56. The Morgan fingerprint density at radius 1 is 1.36 bits per heavy atom. The number of fused-ring (bicyclic) bond motifs is 1. The molecular formula is C15H22Cl2N4O. The van der Waals surface area contributed by atoms with Crippen molar-refractivity contribution in [2.24, 2.45) is 5.73 Å². The molecule has 3 N–H and O–H groups in total. The molecule has 5 nitrogen and oxygen atoms in total. The maximum absolute atomic E-state index is 11.7. The molecule has 122 valence electrons. The Labute approximate surface area is 142 Å². The minimum atomic E-state index is -0.572. The Morgan fingerprint density at radius 3 is 2.73 bits per heavy atom. The van der Waals surface area contributed by atoms with Crippen LogP contribution in [0.5, 0.6) is 0 Å². The van der Waals surface area contributed by atoms with Crippen LogP contribution in [0, 0.1) is 6.92 Å². The topological polar surface area (TPSA) is 72.9 Å². The lowest BCUT2D eigenvalue weighted by Gasteiger charge is -2.11. The molecule has 1 heterocycles. The zero-order chi connectivity index (χ0) is 14.2.